The Balaban J connectivity index is 1.76. The van der Waals surface area contributed by atoms with E-state index in [2.05, 4.69) is 10.1 Å². The summed E-state index contributed by atoms with van der Waals surface area (Å²) in [5.74, 6) is 0.101. The summed E-state index contributed by atoms with van der Waals surface area (Å²) in [6, 6.07) is 16.0. The van der Waals surface area contributed by atoms with Gasteiger partial charge in [0.25, 0.3) is 0 Å². The number of carbonyl (C=O) groups excluding carboxylic acids is 1. The quantitative estimate of drug-likeness (QED) is 0.839. The molecule has 2 aromatic carbocycles. The normalized spacial score (nSPS) is 10.5. The predicted molar refractivity (Wildman–Crippen MR) is 88.1 cm³/mol. The Bertz CT molecular complexity index is 633. The molecular weight excluding hydrogens is 314 g/mol. The summed E-state index contributed by atoms with van der Waals surface area (Å²) >= 11 is 0. The van der Waals surface area contributed by atoms with Gasteiger partial charge in [-0.15, -0.1) is 0 Å². The molecule has 0 radical (unpaired) electrons. The molecule has 0 heterocycles. The zero-order chi connectivity index (χ0) is 17.4. The van der Waals surface area contributed by atoms with Gasteiger partial charge in [0, 0.05) is 20.1 Å². The third kappa shape index (κ3) is 5.87. The minimum absolute atomic E-state index is 0.101. The van der Waals surface area contributed by atoms with Gasteiger partial charge in [0.15, 0.2) is 0 Å². The summed E-state index contributed by atoms with van der Waals surface area (Å²) < 4.78 is 28.5. The zero-order valence-corrected chi connectivity index (χ0v) is 13.4. The van der Waals surface area contributed by atoms with Crippen molar-refractivity contribution in [2.75, 3.05) is 13.6 Å². The van der Waals surface area contributed by atoms with Gasteiger partial charge in [-0.25, -0.2) is 4.79 Å². The summed E-state index contributed by atoms with van der Waals surface area (Å²) in [7, 11) is 1.68. The van der Waals surface area contributed by atoms with E-state index in [0.717, 1.165) is 17.5 Å². The Morgan fingerprint density at radius 2 is 1.75 bits per heavy atom. The molecule has 0 unspecified atom stereocenters. The Hall–Kier alpha value is -2.63. The van der Waals surface area contributed by atoms with Crippen LogP contribution in [0.15, 0.2) is 54.6 Å². The molecule has 2 rings (SSSR count). The number of amides is 2. The fraction of sp³-hybridized carbons (Fsp3) is 0.278. The molecule has 0 aliphatic heterocycles. The minimum Gasteiger partial charge on any atom is -0.435 e. The van der Waals surface area contributed by atoms with Crippen molar-refractivity contribution in [3.8, 4) is 5.75 Å². The van der Waals surface area contributed by atoms with Crippen molar-refractivity contribution < 1.29 is 18.3 Å². The molecule has 0 atom stereocenters. The van der Waals surface area contributed by atoms with Crippen LogP contribution in [0.3, 0.4) is 0 Å². The summed E-state index contributed by atoms with van der Waals surface area (Å²) in [6.45, 7) is -1.91. The maximum absolute atomic E-state index is 12.1. The molecule has 1 N–H and O–H groups in total. The van der Waals surface area contributed by atoms with E-state index < -0.39 is 6.61 Å². The second kappa shape index (κ2) is 8.86. The average Bonchev–Trinajstić information content (AvgIpc) is 2.57. The second-order valence-electron chi connectivity index (χ2n) is 5.35. The molecule has 2 amide bonds. The molecule has 24 heavy (non-hydrogen) atoms. The van der Waals surface area contributed by atoms with E-state index in [0.29, 0.717) is 13.1 Å². The number of halogens is 2. The molecule has 0 aromatic heterocycles. The van der Waals surface area contributed by atoms with Gasteiger partial charge in [0.05, 0.1) is 0 Å². The summed E-state index contributed by atoms with van der Waals surface area (Å²) in [5.41, 5.74) is 1.99. The molecule has 0 saturated carbocycles. The van der Waals surface area contributed by atoms with Crippen LogP contribution in [-0.2, 0) is 13.0 Å². The topological polar surface area (TPSA) is 41.6 Å². The number of hydrogen-bond acceptors (Lipinski definition) is 2. The Kier molecular flexibility index (Phi) is 6.54. The number of alkyl halides is 2. The van der Waals surface area contributed by atoms with Gasteiger partial charge in [0.1, 0.15) is 5.75 Å². The van der Waals surface area contributed by atoms with Crippen LogP contribution >= 0.6 is 0 Å². The van der Waals surface area contributed by atoms with Crippen LogP contribution in [0.5, 0.6) is 5.75 Å². The molecule has 0 aliphatic carbocycles. The highest BCUT2D eigenvalue weighted by atomic mass is 19.3. The van der Waals surface area contributed by atoms with E-state index in [1.165, 1.54) is 17.0 Å². The molecule has 0 aliphatic rings. The van der Waals surface area contributed by atoms with Gasteiger partial charge in [-0.3, -0.25) is 0 Å². The first-order valence-electron chi connectivity index (χ1n) is 7.61. The lowest BCUT2D eigenvalue weighted by atomic mass is 10.1. The molecular formula is C18H20F2N2O2. The van der Waals surface area contributed by atoms with Gasteiger partial charge in [-0.1, -0.05) is 42.5 Å². The summed E-state index contributed by atoms with van der Waals surface area (Å²) in [5, 5.41) is 2.85. The Morgan fingerprint density at radius 3 is 2.38 bits per heavy atom. The SMILES string of the molecule is CN(Cc1ccc(OC(F)F)cc1)C(=O)NCCc1ccccc1. The smallest absolute Gasteiger partial charge is 0.387 e. The van der Waals surface area contributed by atoms with Crippen molar-refractivity contribution in [1.82, 2.24) is 10.2 Å². The van der Waals surface area contributed by atoms with Crippen LogP contribution in [0.2, 0.25) is 0 Å². The highest BCUT2D eigenvalue weighted by Crippen LogP contribution is 2.15. The van der Waals surface area contributed by atoms with E-state index in [-0.39, 0.29) is 11.8 Å². The zero-order valence-electron chi connectivity index (χ0n) is 13.4. The number of benzene rings is 2. The van der Waals surface area contributed by atoms with Gasteiger partial charge in [0.2, 0.25) is 0 Å². The third-order valence-electron chi connectivity index (χ3n) is 3.45. The first kappa shape index (κ1) is 17.7. The predicted octanol–water partition coefficient (Wildman–Crippen LogP) is 3.67. The van der Waals surface area contributed by atoms with E-state index in [1.807, 2.05) is 30.3 Å². The van der Waals surface area contributed by atoms with Crippen molar-refractivity contribution in [3.63, 3.8) is 0 Å². The van der Waals surface area contributed by atoms with Crippen LogP contribution in [0.4, 0.5) is 13.6 Å². The van der Waals surface area contributed by atoms with Crippen molar-refractivity contribution in [1.29, 1.82) is 0 Å². The first-order valence-corrected chi connectivity index (χ1v) is 7.61. The Labute approximate surface area is 140 Å². The van der Waals surface area contributed by atoms with E-state index >= 15 is 0 Å². The van der Waals surface area contributed by atoms with Crippen molar-refractivity contribution in [2.24, 2.45) is 0 Å². The van der Waals surface area contributed by atoms with Gasteiger partial charge < -0.3 is 15.0 Å². The van der Waals surface area contributed by atoms with Crippen LogP contribution in [-0.4, -0.2) is 31.1 Å². The van der Waals surface area contributed by atoms with Crippen LogP contribution in [0.25, 0.3) is 0 Å². The molecule has 0 bridgehead atoms. The molecule has 6 heteroatoms. The molecule has 2 aromatic rings. The van der Waals surface area contributed by atoms with Gasteiger partial charge >= 0.3 is 12.6 Å². The van der Waals surface area contributed by atoms with E-state index in [1.54, 1.807) is 19.2 Å². The number of nitrogens with zero attached hydrogens (tertiary/aromatic N) is 1. The van der Waals surface area contributed by atoms with Gasteiger partial charge in [-0.05, 0) is 29.7 Å². The lowest BCUT2D eigenvalue weighted by Gasteiger charge is -2.18. The lowest BCUT2D eigenvalue weighted by molar-refractivity contribution is -0.0498. The maximum Gasteiger partial charge on any atom is 0.387 e. The highest BCUT2D eigenvalue weighted by Gasteiger charge is 2.09. The lowest BCUT2D eigenvalue weighted by Crippen LogP contribution is -2.37. The molecule has 128 valence electrons. The summed E-state index contributed by atoms with van der Waals surface area (Å²) in [4.78, 5) is 13.6. The second-order valence-corrected chi connectivity index (χ2v) is 5.35. The standard InChI is InChI=1S/C18H20F2N2O2/c1-22(13-15-7-9-16(10-8-15)24-17(19)20)18(23)21-12-11-14-5-3-2-4-6-14/h2-10,17H,11-13H2,1H3,(H,21,23). The fourth-order valence-corrected chi connectivity index (χ4v) is 2.22. The number of ether oxygens (including phenoxy) is 1. The number of carbonyl (C=O) groups is 1. The molecule has 4 nitrogen and oxygen atoms in total. The van der Waals surface area contributed by atoms with Crippen molar-refractivity contribution in [2.45, 2.75) is 19.6 Å². The monoisotopic (exact) mass is 334 g/mol. The number of nitrogens with one attached hydrogen (secondary N) is 1. The molecule has 0 saturated heterocycles. The van der Waals surface area contributed by atoms with Gasteiger partial charge in [-0.2, -0.15) is 8.78 Å². The minimum atomic E-state index is -2.84. The Morgan fingerprint density at radius 1 is 1.08 bits per heavy atom. The van der Waals surface area contributed by atoms with Crippen LogP contribution in [0, 0.1) is 0 Å². The first-order chi connectivity index (χ1) is 11.5. The molecule has 0 spiro atoms. The van der Waals surface area contributed by atoms with E-state index in [4.69, 9.17) is 0 Å². The van der Waals surface area contributed by atoms with Crippen molar-refractivity contribution in [3.05, 3.63) is 65.7 Å². The molecule has 0 fully saturated rings. The van der Waals surface area contributed by atoms with E-state index in [9.17, 15) is 13.6 Å². The third-order valence-corrected chi connectivity index (χ3v) is 3.45. The fourth-order valence-electron chi connectivity index (χ4n) is 2.22. The largest absolute Gasteiger partial charge is 0.435 e. The van der Waals surface area contributed by atoms with Crippen LogP contribution < -0.4 is 10.1 Å². The average molecular weight is 334 g/mol. The highest BCUT2D eigenvalue weighted by molar-refractivity contribution is 5.73. The number of hydrogen-bond donors (Lipinski definition) is 1. The number of rotatable bonds is 7. The van der Waals surface area contributed by atoms with Crippen LogP contribution in [0.1, 0.15) is 11.1 Å². The maximum atomic E-state index is 12.1. The van der Waals surface area contributed by atoms with Crippen molar-refractivity contribution >= 4 is 6.03 Å². The number of urea groups is 1. The summed E-state index contributed by atoms with van der Waals surface area (Å²) in [6.07, 6.45) is 0.764.